The Morgan fingerprint density at radius 3 is 2.11 bits per heavy atom. The Hall–Kier alpha value is -1.78. The molecule has 4 heteroatoms. The minimum atomic E-state index is -0.945. The van der Waals surface area contributed by atoms with E-state index >= 15 is 0 Å². The van der Waals surface area contributed by atoms with E-state index in [0.717, 1.165) is 11.5 Å². The fourth-order valence-electron chi connectivity index (χ4n) is 1.93. The summed E-state index contributed by atoms with van der Waals surface area (Å²) in [5.74, 6) is 1.71. The summed E-state index contributed by atoms with van der Waals surface area (Å²) in [4.78, 5) is 2.05. The Balaban J connectivity index is 2.06. The second kappa shape index (κ2) is 5.91. The van der Waals surface area contributed by atoms with E-state index in [1.54, 1.807) is 25.5 Å². The van der Waals surface area contributed by atoms with Crippen LogP contribution in [0.4, 0.5) is 0 Å². The Morgan fingerprint density at radius 2 is 1.74 bits per heavy atom. The molecule has 0 bridgehead atoms. The van der Waals surface area contributed by atoms with Crippen LogP contribution in [-0.2, 0) is 13.1 Å². The molecule has 1 unspecified atom stereocenters. The van der Waals surface area contributed by atoms with Crippen LogP contribution in [0.3, 0.4) is 0 Å². The molecular weight excluding hydrogens is 242 g/mol. The average molecular weight is 261 g/mol. The van der Waals surface area contributed by atoms with E-state index in [1.807, 2.05) is 24.3 Å². The maximum atomic E-state index is 10.1. The molecule has 2 aromatic heterocycles. The van der Waals surface area contributed by atoms with Crippen LogP contribution >= 0.6 is 0 Å². The molecule has 1 atom stereocenters. The van der Waals surface area contributed by atoms with Gasteiger partial charge in [0, 0.05) is 6.54 Å². The van der Waals surface area contributed by atoms with E-state index in [9.17, 15) is 5.11 Å². The van der Waals surface area contributed by atoms with Crippen molar-refractivity contribution >= 4 is 0 Å². The van der Waals surface area contributed by atoms with Crippen molar-refractivity contribution < 1.29 is 13.9 Å². The quantitative estimate of drug-likeness (QED) is 0.779. The lowest BCUT2D eigenvalue weighted by Gasteiger charge is -2.28. The van der Waals surface area contributed by atoms with Crippen LogP contribution in [0.25, 0.3) is 0 Å². The molecule has 0 aliphatic carbocycles. The highest BCUT2D eigenvalue weighted by Crippen LogP contribution is 2.15. The molecule has 19 heavy (non-hydrogen) atoms. The summed E-state index contributed by atoms with van der Waals surface area (Å²) in [6, 6.07) is 7.54. The summed E-state index contributed by atoms with van der Waals surface area (Å²) in [6.07, 6.45) is 4.84. The normalized spacial score (nSPS) is 14.5. The first-order chi connectivity index (χ1) is 9.09. The van der Waals surface area contributed by atoms with Crippen LogP contribution in [0.5, 0.6) is 0 Å². The van der Waals surface area contributed by atoms with Gasteiger partial charge in [0.05, 0.1) is 31.2 Å². The standard InChI is InChI=1S/C15H19NO3/c1-3-15(2,17)12-16(10-13-6-4-8-18-13)11-14-7-5-9-19-14/h3-9,17H,1,10-12H2,2H3. The summed E-state index contributed by atoms with van der Waals surface area (Å²) in [5, 5.41) is 10.1. The van der Waals surface area contributed by atoms with Crippen LogP contribution in [-0.4, -0.2) is 22.2 Å². The van der Waals surface area contributed by atoms with E-state index in [2.05, 4.69) is 11.5 Å². The van der Waals surface area contributed by atoms with Gasteiger partial charge >= 0.3 is 0 Å². The van der Waals surface area contributed by atoms with Crippen molar-refractivity contribution in [2.24, 2.45) is 0 Å². The maximum Gasteiger partial charge on any atom is 0.117 e. The van der Waals surface area contributed by atoms with Crippen molar-refractivity contribution in [2.75, 3.05) is 6.54 Å². The lowest BCUT2D eigenvalue weighted by molar-refractivity contribution is 0.0502. The molecular formula is C15H19NO3. The maximum absolute atomic E-state index is 10.1. The van der Waals surface area contributed by atoms with Crippen LogP contribution < -0.4 is 0 Å². The lowest BCUT2D eigenvalue weighted by atomic mass is 10.1. The molecule has 0 fully saturated rings. The van der Waals surface area contributed by atoms with Crippen molar-refractivity contribution in [1.29, 1.82) is 0 Å². The lowest BCUT2D eigenvalue weighted by Crippen LogP contribution is -2.38. The molecule has 0 radical (unpaired) electrons. The van der Waals surface area contributed by atoms with Crippen molar-refractivity contribution in [1.82, 2.24) is 4.90 Å². The summed E-state index contributed by atoms with van der Waals surface area (Å²) < 4.78 is 10.7. The number of hydrogen-bond acceptors (Lipinski definition) is 4. The summed E-state index contributed by atoms with van der Waals surface area (Å²) in [6.45, 7) is 7.06. The third-order valence-electron chi connectivity index (χ3n) is 2.90. The molecule has 2 rings (SSSR count). The molecule has 0 aliphatic heterocycles. The van der Waals surface area contributed by atoms with Gasteiger partial charge in [-0.2, -0.15) is 0 Å². The van der Waals surface area contributed by atoms with Gasteiger partial charge in [0.25, 0.3) is 0 Å². The van der Waals surface area contributed by atoms with E-state index in [4.69, 9.17) is 8.83 Å². The highest BCUT2D eigenvalue weighted by atomic mass is 16.3. The SMILES string of the molecule is C=CC(C)(O)CN(Cc1ccco1)Cc1ccco1. The fourth-order valence-corrected chi connectivity index (χ4v) is 1.93. The topological polar surface area (TPSA) is 49.8 Å². The van der Waals surface area contributed by atoms with Crippen molar-refractivity contribution in [3.63, 3.8) is 0 Å². The van der Waals surface area contributed by atoms with Gasteiger partial charge in [0.1, 0.15) is 11.5 Å². The van der Waals surface area contributed by atoms with Gasteiger partial charge in [0.15, 0.2) is 0 Å². The second-order valence-corrected chi connectivity index (χ2v) is 4.87. The van der Waals surface area contributed by atoms with Gasteiger partial charge in [-0.25, -0.2) is 0 Å². The molecule has 0 spiro atoms. The third kappa shape index (κ3) is 4.12. The largest absolute Gasteiger partial charge is 0.468 e. The summed E-state index contributed by atoms with van der Waals surface area (Å²) >= 11 is 0. The van der Waals surface area contributed by atoms with Crippen molar-refractivity contribution in [3.05, 3.63) is 61.0 Å². The third-order valence-corrected chi connectivity index (χ3v) is 2.90. The smallest absolute Gasteiger partial charge is 0.117 e. The van der Waals surface area contributed by atoms with Crippen LogP contribution in [0.2, 0.25) is 0 Å². The fraction of sp³-hybridized carbons (Fsp3) is 0.333. The van der Waals surface area contributed by atoms with E-state index in [1.165, 1.54) is 0 Å². The molecule has 2 heterocycles. The van der Waals surface area contributed by atoms with Crippen molar-refractivity contribution in [3.8, 4) is 0 Å². The predicted molar refractivity (Wildman–Crippen MR) is 72.4 cm³/mol. The monoisotopic (exact) mass is 261 g/mol. The van der Waals surface area contributed by atoms with Gasteiger partial charge < -0.3 is 13.9 Å². The highest BCUT2D eigenvalue weighted by Gasteiger charge is 2.21. The zero-order chi connectivity index (χ0) is 13.7. The van der Waals surface area contributed by atoms with Gasteiger partial charge in [-0.05, 0) is 31.2 Å². The highest BCUT2D eigenvalue weighted by molar-refractivity contribution is 5.03. The summed E-state index contributed by atoms with van der Waals surface area (Å²) in [7, 11) is 0. The van der Waals surface area contributed by atoms with E-state index < -0.39 is 5.60 Å². The number of furan rings is 2. The van der Waals surface area contributed by atoms with E-state index in [0.29, 0.717) is 19.6 Å². The number of hydrogen-bond donors (Lipinski definition) is 1. The first kappa shape index (κ1) is 13.6. The summed E-state index contributed by atoms with van der Waals surface area (Å²) in [5.41, 5.74) is -0.945. The molecule has 102 valence electrons. The number of rotatable bonds is 7. The first-order valence-corrected chi connectivity index (χ1v) is 6.22. The number of nitrogens with zero attached hydrogens (tertiary/aromatic N) is 1. The van der Waals surface area contributed by atoms with Gasteiger partial charge in [-0.3, -0.25) is 4.90 Å². The van der Waals surface area contributed by atoms with Crippen LogP contribution in [0.1, 0.15) is 18.4 Å². The first-order valence-electron chi connectivity index (χ1n) is 6.22. The molecule has 0 saturated heterocycles. The minimum absolute atomic E-state index is 0.456. The molecule has 2 aromatic rings. The molecule has 0 aromatic carbocycles. The predicted octanol–water partition coefficient (Wildman–Crippen LogP) is 2.81. The van der Waals surface area contributed by atoms with Crippen LogP contribution in [0, 0.1) is 0 Å². The van der Waals surface area contributed by atoms with Gasteiger partial charge in [-0.15, -0.1) is 6.58 Å². The average Bonchev–Trinajstić information content (AvgIpc) is 3.02. The molecule has 4 nitrogen and oxygen atoms in total. The second-order valence-electron chi connectivity index (χ2n) is 4.87. The molecule has 0 aliphatic rings. The number of aliphatic hydroxyl groups is 1. The minimum Gasteiger partial charge on any atom is -0.468 e. The zero-order valence-corrected chi connectivity index (χ0v) is 11.1. The van der Waals surface area contributed by atoms with Crippen LogP contribution in [0.15, 0.2) is 58.3 Å². The van der Waals surface area contributed by atoms with Crippen molar-refractivity contribution in [2.45, 2.75) is 25.6 Å². The molecule has 1 N–H and O–H groups in total. The Morgan fingerprint density at radius 1 is 1.21 bits per heavy atom. The molecule has 0 saturated carbocycles. The van der Waals surface area contributed by atoms with Gasteiger partial charge in [0.2, 0.25) is 0 Å². The van der Waals surface area contributed by atoms with Gasteiger partial charge in [-0.1, -0.05) is 6.08 Å². The Bertz CT molecular complexity index is 449. The van der Waals surface area contributed by atoms with E-state index in [-0.39, 0.29) is 0 Å². The zero-order valence-electron chi connectivity index (χ0n) is 11.1. The molecule has 0 amide bonds. The Kier molecular flexibility index (Phi) is 4.24. The Labute approximate surface area is 112 Å².